The van der Waals surface area contributed by atoms with Crippen molar-refractivity contribution in [3.63, 3.8) is 0 Å². The van der Waals surface area contributed by atoms with Gasteiger partial charge < -0.3 is 15.2 Å². The van der Waals surface area contributed by atoms with Gasteiger partial charge in [-0.15, -0.1) is 0 Å². The lowest BCUT2D eigenvalue weighted by molar-refractivity contribution is -0.139. The Balaban J connectivity index is 2.75. The van der Waals surface area contributed by atoms with Gasteiger partial charge in [0.1, 0.15) is 12.1 Å². The summed E-state index contributed by atoms with van der Waals surface area (Å²) in [7, 11) is 0. The molecule has 7 heteroatoms. The van der Waals surface area contributed by atoms with Crippen LogP contribution in [0.15, 0.2) is 0 Å². The zero-order valence-corrected chi connectivity index (χ0v) is 10.7. The fourth-order valence-corrected chi connectivity index (χ4v) is 1.60. The highest BCUT2D eigenvalue weighted by Crippen LogP contribution is 2.15. The normalized spacial score (nSPS) is 20.3. The second-order valence-electron chi connectivity index (χ2n) is 5.16. The third kappa shape index (κ3) is 4.23. The zero-order chi connectivity index (χ0) is 13.9. The lowest BCUT2D eigenvalue weighted by atomic mass is 10.1. The van der Waals surface area contributed by atoms with Crippen LogP contribution >= 0.6 is 0 Å². The summed E-state index contributed by atoms with van der Waals surface area (Å²) >= 11 is 0. The highest BCUT2D eigenvalue weighted by molar-refractivity contribution is 5.84. The van der Waals surface area contributed by atoms with E-state index in [0.29, 0.717) is 0 Å². The van der Waals surface area contributed by atoms with E-state index >= 15 is 0 Å². The largest absolute Gasteiger partial charge is 0.481 e. The van der Waals surface area contributed by atoms with E-state index in [1.165, 1.54) is 0 Å². The summed E-state index contributed by atoms with van der Waals surface area (Å²) in [6.45, 7) is 5.08. The van der Waals surface area contributed by atoms with Crippen LogP contribution < -0.4 is 5.32 Å². The van der Waals surface area contributed by atoms with Crippen molar-refractivity contribution < 1.29 is 24.2 Å². The van der Waals surface area contributed by atoms with E-state index in [4.69, 9.17) is 9.84 Å². The minimum absolute atomic E-state index is 0.129. The van der Waals surface area contributed by atoms with Crippen LogP contribution in [0.1, 0.15) is 27.2 Å². The number of nitrogens with one attached hydrogen (secondary N) is 1. The first-order valence-electron chi connectivity index (χ1n) is 5.67. The Morgan fingerprint density at radius 1 is 1.50 bits per heavy atom. The number of carbonyl (C=O) groups is 3. The lowest BCUT2D eigenvalue weighted by Gasteiger charge is -2.35. The maximum Gasteiger partial charge on any atom is 0.411 e. The second-order valence-corrected chi connectivity index (χ2v) is 5.16. The van der Waals surface area contributed by atoms with Crippen molar-refractivity contribution in [1.29, 1.82) is 0 Å². The first-order chi connectivity index (χ1) is 8.19. The Kier molecular flexibility index (Phi) is 4.15. The van der Waals surface area contributed by atoms with Crippen molar-refractivity contribution >= 4 is 18.0 Å². The molecule has 0 saturated carbocycles. The summed E-state index contributed by atoms with van der Waals surface area (Å²) in [5, 5.41) is 11.3. The molecular formula is C11H18N2O5. The Hall–Kier alpha value is -1.79. The number of carboxylic acids is 1. The van der Waals surface area contributed by atoms with Crippen LogP contribution in [0.2, 0.25) is 0 Å². The quantitative estimate of drug-likeness (QED) is 0.737. The van der Waals surface area contributed by atoms with Gasteiger partial charge in [-0.2, -0.15) is 0 Å². The topological polar surface area (TPSA) is 95.9 Å². The molecule has 2 amide bonds. The van der Waals surface area contributed by atoms with Crippen LogP contribution in [0.4, 0.5) is 4.79 Å². The van der Waals surface area contributed by atoms with Gasteiger partial charge in [0.05, 0.1) is 12.5 Å². The van der Waals surface area contributed by atoms with Gasteiger partial charge in [-0.3, -0.25) is 14.5 Å². The molecule has 0 aromatic heterocycles. The third-order valence-corrected chi connectivity index (χ3v) is 2.33. The molecular weight excluding hydrogens is 240 g/mol. The molecule has 102 valence electrons. The van der Waals surface area contributed by atoms with Crippen molar-refractivity contribution in [1.82, 2.24) is 10.2 Å². The van der Waals surface area contributed by atoms with Gasteiger partial charge >= 0.3 is 12.1 Å². The molecule has 1 saturated heterocycles. The molecule has 0 spiro atoms. The first-order valence-corrected chi connectivity index (χ1v) is 5.67. The summed E-state index contributed by atoms with van der Waals surface area (Å²) in [4.78, 5) is 35.0. The minimum atomic E-state index is -1.02. The predicted molar refractivity (Wildman–Crippen MR) is 62.0 cm³/mol. The minimum Gasteiger partial charge on any atom is -0.481 e. The Labute approximate surface area is 105 Å². The van der Waals surface area contributed by atoms with Crippen LogP contribution in [0, 0.1) is 0 Å². The van der Waals surface area contributed by atoms with Crippen LogP contribution in [-0.4, -0.2) is 52.7 Å². The van der Waals surface area contributed by atoms with Gasteiger partial charge in [0, 0.05) is 6.54 Å². The SMILES string of the molecule is CC(C)(C)OC(=O)N1CC(=O)NCC1CC(=O)O. The van der Waals surface area contributed by atoms with Crippen molar-refractivity contribution in [3.05, 3.63) is 0 Å². The molecule has 7 nitrogen and oxygen atoms in total. The maximum atomic E-state index is 11.9. The fourth-order valence-electron chi connectivity index (χ4n) is 1.60. The fraction of sp³-hybridized carbons (Fsp3) is 0.727. The number of hydrogen-bond acceptors (Lipinski definition) is 4. The molecule has 2 N–H and O–H groups in total. The van der Waals surface area contributed by atoms with E-state index < -0.39 is 23.7 Å². The average molecular weight is 258 g/mol. The van der Waals surface area contributed by atoms with Gasteiger partial charge in [-0.25, -0.2) is 4.79 Å². The van der Waals surface area contributed by atoms with E-state index in [9.17, 15) is 14.4 Å². The summed E-state index contributed by atoms with van der Waals surface area (Å²) in [5.41, 5.74) is -0.682. The lowest BCUT2D eigenvalue weighted by Crippen LogP contribution is -2.57. The van der Waals surface area contributed by atoms with Crippen molar-refractivity contribution in [2.75, 3.05) is 13.1 Å². The Bertz CT molecular complexity index is 361. The van der Waals surface area contributed by atoms with Gasteiger partial charge in [0.2, 0.25) is 5.91 Å². The molecule has 1 heterocycles. The monoisotopic (exact) mass is 258 g/mol. The smallest absolute Gasteiger partial charge is 0.411 e. The molecule has 1 aliphatic rings. The van der Waals surface area contributed by atoms with E-state index in [1.54, 1.807) is 20.8 Å². The molecule has 0 bridgehead atoms. The average Bonchev–Trinajstić information content (AvgIpc) is 2.17. The van der Waals surface area contributed by atoms with Crippen molar-refractivity contribution in [2.24, 2.45) is 0 Å². The highest BCUT2D eigenvalue weighted by Gasteiger charge is 2.34. The van der Waals surface area contributed by atoms with Gasteiger partial charge in [-0.05, 0) is 20.8 Å². The van der Waals surface area contributed by atoms with E-state index in [0.717, 1.165) is 4.90 Å². The van der Waals surface area contributed by atoms with Crippen molar-refractivity contribution in [3.8, 4) is 0 Å². The van der Waals surface area contributed by atoms with Crippen LogP contribution in [-0.2, 0) is 14.3 Å². The van der Waals surface area contributed by atoms with Gasteiger partial charge in [0.25, 0.3) is 0 Å². The molecule has 0 aromatic carbocycles. The molecule has 1 rings (SSSR count). The van der Waals surface area contributed by atoms with Crippen LogP contribution in [0.3, 0.4) is 0 Å². The molecule has 1 unspecified atom stereocenters. The Morgan fingerprint density at radius 2 is 2.11 bits per heavy atom. The first kappa shape index (κ1) is 14.3. The summed E-state index contributed by atoms with van der Waals surface area (Å²) in [5.74, 6) is -1.34. The highest BCUT2D eigenvalue weighted by atomic mass is 16.6. The van der Waals surface area contributed by atoms with E-state index in [-0.39, 0.29) is 25.4 Å². The summed E-state index contributed by atoms with van der Waals surface area (Å²) in [6, 6.07) is -0.574. The van der Waals surface area contributed by atoms with Crippen molar-refractivity contribution in [2.45, 2.75) is 38.8 Å². The molecule has 1 fully saturated rings. The third-order valence-electron chi connectivity index (χ3n) is 2.33. The van der Waals surface area contributed by atoms with Gasteiger partial charge in [-0.1, -0.05) is 0 Å². The standard InChI is InChI=1S/C11H18N2O5/c1-11(2,3)18-10(17)13-6-8(14)12-5-7(13)4-9(15)16/h7H,4-6H2,1-3H3,(H,12,14)(H,15,16). The summed E-state index contributed by atoms with van der Waals surface area (Å²) in [6.07, 6.45) is -0.886. The van der Waals surface area contributed by atoms with Gasteiger partial charge in [0.15, 0.2) is 0 Å². The number of ether oxygens (including phenoxy) is 1. The maximum absolute atomic E-state index is 11.9. The van der Waals surface area contributed by atoms with E-state index in [1.807, 2.05) is 0 Å². The molecule has 0 aromatic rings. The zero-order valence-electron chi connectivity index (χ0n) is 10.7. The predicted octanol–water partition coefficient (Wildman–Crippen LogP) is 0.197. The second kappa shape index (κ2) is 5.24. The van der Waals surface area contributed by atoms with Crippen LogP contribution in [0.25, 0.3) is 0 Å². The number of hydrogen-bond donors (Lipinski definition) is 2. The number of piperazine rings is 1. The molecule has 1 atom stereocenters. The molecule has 18 heavy (non-hydrogen) atoms. The number of aliphatic carboxylic acids is 1. The number of carboxylic acid groups (broad SMARTS) is 1. The van der Waals surface area contributed by atoms with Crippen LogP contribution in [0.5, 0.6) is 0 Å². The molecule has 0 aliphatic carbocycles. The number of carbonyl (C=O) groups excluding carboxylic acids is 2. The number of rotatable bonds is 2. The molecule has 1 aliphatic heterocycles. The number of nitrogens with zero attached hydrogens (tertiary/aromatic N) is 1. The molecule has 0 radical (unpaired) electrons. The van der Waals surface area contributed by atoms with E-state index in [2.05, 4.69) is 5.32 Å². The number of amides is 2. The summed E-state index contributed by atoms with van der Waals surface area (Å²) < 4.78 is 5.15. The Morgan fingerprint density at radius 3 is 2.61 bits per heavy atom.